The topological polar surface area (TPSA) is 89.3 Å². The van der Waals surface area contributed by atoms with E-state index in [4.69, 9.17) is 5.73 Å². The summed E-state index contributed by atoms with van der Waals surface area (Å²) in [5.41, 5.74) is 5.53. The quantitative estimate of drug-likeness (QED) is 0.697. The minimum absolute atomic E-state index is 0.0117. The van der Waals surface area contributed by atoms with E-state index < -0.39 is 9.84 Å². The highest BCUT2D eigenvalue weighted by atomic mass is 32.2. The number of sulfone groups is 1. The zero-order chi connectivity index (χ0) is 12.2. The molecular formula is C10H20N2O3S. The van der Waals surface area contributed by atoms with Crippen molar-refractivity contribution in [3.05, 3.63) is 0 Å². The monoisotopic (exact) mass is 248 g/mol. The summed E-state index contributed by atoms with van der Waals surface area (Å²) >= 11 is 0. The van der Waals surface area contributed by atoms with Crippen LogP contribution in [0.2, 0.25) is 0 Å². The number of carbonyl (C=O) groups excluding carboxylic acids is 1. The van der Waals surface area contributed by atoms with Crippen LogP contribution in [0.4, 0.5) is 0 Å². The van der Waals surface area contributed by atoms with Crippen LogP contribution < -0.4 is 11.1 Å². The van der Waals surface area contributed by atoms with Gasteiger partial charge in [0.15, 0.2) is 9.84 Å². The zero-order valence-corrected chi connectivity index (χ0v) is 10.4. The summed E-state index contributed by atoms with van der Waals surface area (Å²) in [7, 11) is -2.99. The molecule has 5 nitrogen and oxygen atoms in total. The summed E-state index contributed by atoms with van der Waals surface area (Å²) in [5.74, 6) is -0.421. The molecule has 3 N–H and O–H groups in total. The first kappa shape index (κ1) is 13.4. The maximum absolute atomic E-state index is 11.7. The SMILES string of the molecule is CCCC(CN)NC(=O)C1CCS(=O)(=O)C1. The van der Waals surface area contributed by atoms with Crippen molar-refractivity contribution < 1.29 is 13.2 Å². The van der Waals surface area contributed by atoms with E-state index in [0.29, 0.717) is 13.0 Å². The highest BCUT2D eigenvalue weighted by molar-refractivity contribution is 7.91. The molecule has 2 unspecified atom stereocenters. The molecule has 0 radical (unpaired) electrons. The van der Waals surface area contributed by atoms with Crippen molar-refractivity contribution >= 4 is 15.7 Å². The molecule has 0 spiro atoms. The summed E-state index contributed by atoms with van der Waals surface area (Å²) in [6, 6.07) is -0.0270. The standard InChI is InChI=1S/C10H20N2O3S/c1-2-3-9(6-11)12-10(13)8-4-5-16(14,15)7-8/h8-9H,2-7,11H2,1H3,(H,12,13). The Hall–Kier alpha value is -0.620. The van der Waals surface area contributed by atoms with E-state index in [1.165, 1.54) is 0 Å². The number of hydrogen-bond acceptors (Lipinski definition) is 4. The Labute approximate surface area is 96.7 Å². The van der Waals surface area contributed by atoms with Crippen LogP contribution in [-0.4, -0.2) is 38.4 Å². The van der Waals surface area contributed by atoms with Gasteiger partial charge >= 0.3 is 0 Å². The predicted molar refractivity (Wildman–Crippen MR) is 62.7 cm³/mol. The number of rotatable bonds is 5. The van der Waals surface area contributed by atoms with Crippen LogP contribution in [0.15, 0.2) is 0 Å². The Balaban J connectivity index is 2.46. The number of hydrogen-bond donors (Lipinski definition) is 2. The average molecular weight is 248 g/mol. The van der Waals surface area contributed by atoms with E-state index in [1.807, 2.05) is 6.92 Å². The molecule has 0 bridgehead atoms. The normalized spacial score (nSPS) is 25.2. The van der Waals surface area contributed by atoms with Crippen molar-refractivity contribution in [1.29, 1.82) is 0 Å². The van der Waals surface area contributed by atoms with Crippen LogP contribution in [0.3, 0.4) is 0 Å². The number of nitrogens with one attached hydrogen (secondary N) is 1. The van der Waals surface area contributed by atoms with E-state index in [1.54, 1.807) is 0 Å². The number of amides is 1. The Morgan fingerprint density at radius 2 is 2.25 bits per heavy atom. The zero-order valence-electron chi connectivity index (χ0n) is 9.61. The third-order valence-corrected chi connectivity index (χ3v) is 4.64. The molecule has 0 saturated carbocycles. The smallest absolute Gasteiger partial charge is 0.224 e. The minimum atomic E-state index is -2.99. The van der Waals surface area contributed by atoms with E-state index in [9.17, 15) is 13.2 Å². The van der Waals surface area contributed by atoms with E-state index >= 15 is 0 Å². The molecular weight excluding hydrogens is 228 g/mol. The fraction of sp³-hybridized carbons (Fsp3) is 0.900. The van der Waals surface area contributed by atoms with Crippen LogP contribution >= 0.6 is 0 Å². The molecule has 0 aliphatic carbocycles. The van der Waals surface area contributed by atoms with Gasteiger partial charge in [-0.15, -0.1) is 0 Å². The maximum Gasteiger partial charge on any atom is 0.224 e. The molecule has 1 fully saturated rings. The summed E-state index contributed by atoms with van der Waals surface area (Å²) in [4.78, 5) is 11.7. The fourth-order valence-corrected chi connectivity index (χ4v) is 3.66. The lowest BCUT2D eigenvalue weighted by Gasteiger charge is -2.18. The molecule has 1 aliphatic heterocycles. The molecule has 6 heteroatoms. The molecule has 0 aromatic heterocycles. The van der Waals surface area contributed by atoms with Gasteiger partial charge in [0.25, 0.3) is 0 Å². The van der Waals surface area contributed by atoms with Crippen molar-refractivity contribution in [2.75, 3.05) is 18.1 Å². The largest absolute Gasteiger partial charge is 0.352 e. The molecule has 1 amide bonds. The van der Waals surface area contributed by atoms with E-state index in [0.717, 1.165) is 12.8 Å². The summed E-state index contributed by atoms with van der Waals surface area (Å²) < 4.78 is 22.4. The Morgan fingerprint density at radius 3 is 2.69 bits per heavy atom. The molecule has 1 rings (SSSR count). The lowest BCUT2D eigenvalue weighted by atomic mass is 10.1. The second-order valence-electron chi connectivity index (χ2n) is 4.33. The first-order chi connectivity index (χ1) is 7.48. The molecule has 0 aromatic carbocycles. The van der Waals surface area contributed by atoms with Gasteiger partial charge in [0, 0.05) is 12.6 Å². The van der Waals surface area contributed by atoms with Crippen LogP contribution in [0.1, 0.15) is 26.2 Å². The van der Waals surface area contributed by atoms with Crippen LogP contribution in [-0.2, 0) is 14.6 Å². The minimum Gasteiger partial charge on any atom is -0.352 e. The highest BCUT2D eigenvalue weighted by Crippen LogP contribution is 2.18. The van der Waals surface area contributed by atoms with Gasteiger partial charge < -0.3 is 11.1 Å². The molecule has 0 aromatic rings. The average Bonchev–Trinajstić information content (AvgIpc) is 2.58. The Bertz CT molecular complexity index is 340. The van der Waals surface area contributed by atoms with Gasteiger partial charge in [0.1, 0.15) is 0 Å². The molecule has 16 heavy (non-hydrogen) atoms. The predicted octanol–water partition coefficient (Wildman–Crippen LogP) is -0.335. The van der Waals surface area contributed by atoms with E-state index in [-0.39, 0.29) is 29.4 Å². The van der Waals surface area contributed by atoms with E-state index in [2.05, 4.69) is 5.32 Å². The lowest BCUT2D eigenvalue weighted by molar-refractivity contribution is -0.124. The van der Waals surface area contributed by atoms with Crippen molar-refractivity contribution in [3.63, 3.8) is 0 Å². The van der Waals surface area contributed by atoms with Gasteiger partial charge in [0.05, 0.1) is 17.4 Å². The number of carbonyl (C=O) groups is 1. The van der Waals surface area contributed by atoms with Gasteiger partial charge in [-0.1, -0.05) is 13.3 Å². The maximum atomic E-state index is 11.7. The second-order valence-corrected chi connectivity index (χ2v) is 6.56. The van der Waals surface area contributed by atoms with Crippen molar-refractivity contribution in [1.82, 2.24) is 5.32 Å². The fourth-order valence-electron chi connectivity index (χ4n) is 1.92. The molecule has 1 saturated heterocycles. The first-order valence-corrected chi connectivity index (χ1v) is 7.51. The highest BCUT2D eigenvalue weighted by Gasteiger charge is 2.33. The van der Waals surface area contributed by atoms with Gasteiger partial charge in [0.2, 0.25) is 5.91 Å². The molecule has 1 aliphatic rings. The second kappa shape index (κ2) is 5.63. The molecule has 1 heterocycles. The number of nitrogens with two attached hydrogens (primary N) is 1. The van der Waals surface area contributed by atoms with Gasteiger partial charge in [-0.3, -0.25) is 4.79 Å². The van der Waals surface area contributed by atoms with Gasteiger partial charge in [-0.05, 0) is 12.8 Å². The van der Waals surface area contributed by atoms with Crippen LogP contribution in [0, 0.1) is 5.92 Å². The molecule has 2 atom stereocenters. The summed E-state index contributed by atoms with van der Waals surface area (Å²) in [5, 5.41) is 2.82. The first-order valence-electron chi connectivity index (χ1n) is 5.69. The third kappa shape index (κ3) is 3.75. The summed E-state index contributed by atoms with van der Waals surface area (Å²) in [6.45, 7) is 2.42. The third-order valence-electron chi connectivity index (χ3n) is 2.87. The van der Waals surface area contributed by atoms with Gasteiger partial charge in [-0.2, -0.15) is 0 Å². The van der Waals surface area contributed by atoms with Crippen molar-refractivity contribution in [3.8, 4) is 0 Å². The van der Waals surface area contributed by atoms with Gasteiger partial charge in [-0.25, -0.2) is 8.42 Å². The molecule has 94 valence electrons. The van der Waals surface area contributed by atoms with Crippen LogP contribution in [0.25, 0.3) is 0 Å². The Morgan fingerprint density at radius 1 is 1.56 bits per heavy atom. The summed E-state index contributed by atoms with van der Waals surface area (Å²) in [6.07, 6.45) is 2.23. The Kier molecular flexibility index (Phi) is 4.73. The van der Waals surface area contributed by atoms with Crippen LogP contribution in [0.5, 0.6) is 0 Å². The lowest BCUT2D eigenvalue weighted by Crippen LogP contribution is -2.43. The van der Waals surface area contributed by atoms with Crippen molar-refractivity contribution in [2.24, 2.45) is 11.7 Å². The van der Waals surface area contributed by atoms with Crippen molar-refractivity contribution in [2.45, 2.75) is 32.2 Å².